The first-order valence-electron chi connectivity index (χ1n) is 6.72. The molecule has 1 aromatic carbocycles. The minimum Gasteiger partial charge on any atom is -0.497 e. The molecule has 0 aliphatic heterocycles. The first-order valence-corrected chi connectivity index (χ1v) is 6.72. The van der Waals surface area contributed by atoms with Crippen LogP contribution in [0.1, 0.15) is 5.56 Å². The van der Waals surface area contributed by atoms with Gasteiger partial charge in [0.1, 0.15) is 18.0 Å². The number of methoxy groups -OCH3 is 2. The number of carbonyl (C=O) groups is 1. The fraction of sp³-hybridized carbons (Fsp3) is 0.250. The van der Waals surface area contributed by atoms with Gasteiger partial charge in [0.05, 0.1) is 19.9 Å². The van der Waals surface area contributed by atoms with Gasteiger partial charge in [0.15, 0.2) is 0 Å². The Morgan fingerprint density at radius 3 is 2.59 bits per heavy atom. The third-order valence-corrected chi connectivity index (χ3v) is 3.15. The Hall–Kier alpha value is -2.76. The molecule has 2 rings (SSSR count). The van der Waals surface area contributed by atoms with Crippen molar-refractivity contribution in [2.45, 2.75) is 13.5 Å². The predicted molar refractivity (Wildman–Crippen MR) is 83.6 cm³/mol. The number of rotatable bonds is 5. The van der Waals surface area contributed by atoms with Crippen LogP contribution in [-0.4, -0.2) is 24.7 Å². The van der Waals surface area contributed by atoms with Gasteiger partial charge in [-0.2, -0.15) is 0 Å². The van der Waals surface area contributed by atoms with Crippen molar-refractivity contribution in [2.24, 2.45) is 0 Å². The molecule has 0 radical (unpaired) electrons. The van der Waals surface area contributed by atoms with E-state index in [9.17, 15) is 9.59 Å². The van der Waals surface area contributed by atoms with Crippen LogP contribution < -0.4 is 20.3 Å². The van der Waals surface area contributed by atoms with Crippen LogP contribution in [0.2, 0.25) is 0 Å². The minimum atomic E-state index is -0.322. The molecule has 1 amide bonds. The van der Waals surface area contributed by atoms with Crippen LogP contribution in [0.4, 0.5) is 5.69 Å². The fourth-order valence-electron chi connectivity index (χ4n) is 1.99. The van der Waals surface area contributed by atoms with E-state index in [1.165, 1.54) is 17.7 Å². The molecule has 6 heteroatoms. The van der Waals surface area contributed by atoms with Crippen molar-refractivity contribution < 1.29 is 14.3 Å². The molecule has 1 aromatic heterocycles. The summed E-state index contributed by atoms with van der Waals surface area (Å²) in [6, 6.07) is 8.36. The normalized spacial score (nSPS) is 10.1. The number of hydrogen-bond donors (Lipinski definition) is 1. The van der Waals surface area contributed by atoms with Crippen molar-refractivity contribution in [3.8, 4) is 11.5 Å². The Morgan fingerprint density at radius 1 is 1.18 bits per heavy atom. The van der Waals surface area contributed by atoms with Gasteiger partial charge < -0.3 is 19.4 Å². The molecule has 0 bridgehead atoms. The molecule has 0 spiro atoms. The molecule has 2 aromatic rings. The summed E-state index contributed by atoms with van der Waals surface area (Å²) in [6.45, 7) is 1.76. The molecule has 0 aliphatic rings. The summed E-state index contributed by atoms with van der Waals surface area (Å²) in [4.78, 5) is 23.9. The van der Waals surface area contributed by atoms with E-state index >= 15 is 0 Å². The maximum Gasteiger partial charge on any atom is 0.251 e. The van der Waals surface area contributed by atoms with E-state index in [1.54, 1.807) is 37.6 Å². The number of benzene rings is 1. The van der Waals surface area contributed by atoms with Crippen LogP contribution in [0, 0.1) is 6.92 Å². The van der Waals surface area contributed by atoms with E-state index < -0.39 is 0 Å². The Kier molecular flexibility index (Phi) is 4.83. The van der Waals surface area contributed by atoms with Crippen LogP contribution in [-0.2, 0) is 11.3 Å². The highest BCUT2D eigenvalue weighted by Crippen LogP contribution is 2.28. The Balaban J connectivity index is 2.16. The van der Waals surface area contributed by atoms with Gasteiger partial charge in [0, 0.05) is 18.3 Å². The quantitative estimate of drug-likeness (QED) is 0.914. The van der Waals surface area contributed by atoms with Crippen LogP contribution in [0.25, 0.3) is 0 Å². The van der Waals surface area contributed by atoms with E-state index in [1.807, 2.05) is 6.92 Å². The number of pyridine rings is 1. The number of aromatic nitrogens is 1. The highest BCUT2D eigenvalue weighted by molar-refractivity contribution is 5.92. The summed E-state index contributed by atoms with van der Waals surface area (Å²) in [5, 5.41) is 2.72. The standard InChI is InChI=1S/C16H18N2O4/c1-11-6-7-18(16(20)8-11)10-15(19)17-13-9-12(21-2)4-5-14(13)22-3/h4-9H,10H2,1-3H3,(H,17,19). The second kappa shape index (κ2) is 6.80. The number of nitrogens with zero attached hydrogens (tertiary/aromatic N) is 1. The maximum absolute atomic E-state index is 12.1. The number of anilines is 1. The summed E-state index contributed by atoms with van der Waals surface area (Å²) in [5.41, 5.74) is 1.14. The summed E-state index contributed by atoms with van der Waals surface area (Å²) in [5.74, 6) is 0.798. The van der Waals surface area contributed by atoms with Gasteiger partial charge in [-0.25, -0.2) is 0 Å². The lowest BCUT2D eigenvalue weighted by atomic mass is 10.2. The van der Waals surface area contributed by atoms with E-state index in [4.69, 9.17) is 9.47 Å². The molecule has 0 aliphatic carbocycles. The van der Waals surface area contributed by atoms with E-state index in [2.05, 4.69) is 5.32 Å². The maximum atomic E-state index is 12.1. The van der Waals surface area contributed by atoms with E-state index in [0.717, 1.165) is 5.56 Å². The van der Waals surface area contributed by atoms with E-state index in [0.29, 0.717) is 17.2 Å². The zero-order valence-corrected chi connectivity index (χ0v) is 12.8. The fourth-order valence-corrected chi connectivity index (χ4v) is 1.99. The third kappa shape index (κ3) is 3.66. The van der Waals surface area contributed by atoms with Crippen LogP contribution in [0.5, 0.6) is 11.5 Å². The molecule has 0 atom stereocenters. The van der Waals surface area contributed by atoms with Crippen LogP contribution in [0.15, 0.2) is 41.3 Å². The van der Waals surface area contributed by atoms with Crippen molar-refractivity contribution in [3.63, 3.8) is 0 Å². The minimum absolute atomic E-state index is 0.0700. The molecule has 22 heavy (non-hydrogen) atoms. The molecule has 0 fully saturated rings. The van der Waals surface area contributed by atoms with Gasteiger partial charge in [-0.05, 0) is 30.7 Å². The number of carbonyl (C=O) groups excluding carboxylic acids is 1. The van der Waals surface area contributed by atoms with E-state index in [-0.39, 0.29) is 18.0 Å². The number of amides is 1. The lowest BCUT2D eigenvalue weighted by Crippen LogP contribution is -2.27. The largest absolute Gasteiger partial charge is 0.497 e. The second-order valence-corrected chi connectivity index (χ2v) is 4.78. The van der Waals surface area contributed by atoms with Crippen molar-refractivity contribution in [3.05, 3.63) is 52.4 Å². The third-order valence-electron chi connectivity index (χ3n) is 3.15. The first-order chi connectivity index (χ1) is 10.5. The predicted octanol–water partition coefficient (Wildman–Crippen LogP) is 1.81. The van der Waals surface area contributed by atoms with Gasteiger partial charge in [-0.15, -0.1) is 0 Å². The number of ether oxygens (including phenoxy) is 2. The van der Waals surface area contributed by atoms with Gasteiger partial charge in [-0.1, -0.05) is 0 Å². The van der Waals surface area contributed by atoms with Crippen LogP contribution >= 0.6 is 0 Å². The molecular formula is C16H18N2O4. The van der Waals surface area contributed by atoms with Gasteiger partial charge >= 0.3 is 0 Å². The molecule has 1 heterocycles. The highest BCUT2D eigenvalue weighted by Gasteiger charge is 2.10. The molecule has 116 valence electrons. The Morgan fingerprint density at radius 2 is 1.95 bits per heavy atom. The molecular weight excluding hydrogens is 284 g/mol. The van der Waals surface area contributed by atoms with Gasteiger partial charge in [0.2, 0.25) is 5.91 Å². The zero-order chi connectivity index (χ0) is 16.1. The SMILES string of the molecule is COc1ccc(OC)c(NC(=O)Cn2ccc(C)cc2=O)c1. The van der Waals surface area contributed by atoms with Crippen molar-refractivity contribution >= 4 is 11.6 Å². The molecule has 0 saturated carbocycles. The molecule has 6 nitrogen and oxygen atoms in total. The molecule has 0 saturated heterocycles. The lowest BCUT2D eigenvalue weighted by Gasteiger charge is -2.12. The summed E-state index contributed by atoms with van der Waals surface area (Å²) in [7, 11) is 3.06. The van der Waals surface area contributed by atoms with Gasteiger partial charge in [-0.3, -0.25) is 9.59 Å². The zero-order valence-electron chi connectivity index (χ0n) is 12.8. The first kappa shape index (κ1) is 15.6. The molecule has 1 N–H and O–H groups in total. The molecule has 0 unspecified atom stereocenters. The monoisotopic (exact) mass is 302 g/mol. The van der Waals surface area contributed by atoms with Crippen molar-refractivity contribution in [1.82, 2.24) is 4.57 Å². The highest BCUT2D eigenvalue weighted by atomic mass is 16.5. The number of aryl methyl sites for hydroxylation is 1. The Bertz CT molecular complexity index is 737. The average Bonchev–Trinajstić information content (AvgIpc) is 2.50. The average molecular weight is 302 g/mol. The summed E-state index contributed by atoms with van der Waals surface area (Å²) in [6.07, 6.45) is 1.60. The summed E-state index contributed by atoms with van der Waals surface area (Å²) >= 11 is 0. The Labute approximate surface area is 128 Å². The smallest absolute Gasteiger partial charge is 0.251 e. The van der Waals surface area contributed by atoms with Crippen molar-refractivity contribution in [2.75, 3.05) is 19.5 Å². The summed E-state index contributed by atoms with van der Waals surface area (Å²) < 4.78 is 11.7. The second-order valence-electron chi connectivity index (χ2n) is 4.78. The van der Waals surface area contributed by atoms with Gasteiger partial charge in [0.25, 0.3) is 5.56 Å². The lowest BCUT2D eigenvalue weighted by molar-refractivity contribution is -0.116. The van der Waals surface area contributed by atoms with Crippen molar-refractivity contribution in [1.29, 1.82) is 0 Å². The van der Waals surface area contributed by atoms with Crippen LogP contribution in [0.3, 0.4) is 0 Å². The number of nitrogens with one attached hydrogen (secondary N) is 1. The topological polar surface area (TPSA) is 69.6 Å². The number of hydrogen-bond acceptors (Lipinski definition) is 4.